The maximum absolute atomic E-state index is 12.7. The van der Waals surface area contributed by atoms with E-state index in [1.165, 1.54) is 21.9 Å². The van der Waals surface area contributed by atoms with Gasteiger partial charge in [0.15, 0.2) is 6.54 Å². The van der Waals surface area contributed by atoms with Crippen LogP contribution in [-0.2, 0) is 11.0 Å². The molecule has 1 aliphatic rings. The summed E-state index contributed by atoms with van der Waals surface area (Å²) in [5.41, 5.74) is -0.577. The largest absolute Gasteiger partial charge is 0.416 e. The highest BCUT2D eigenvalue weighted by atomic mass is 32.1. The van der Waals surface area contributed by atoms with Crippen molar-refractivity contribution >= 4 is 22.9 Å². The lowest BCUT2D eigenvalue weighted by Crippen LogP contribution is -3.11. The Balaban J connectivity index is 1.63. The molecule has 1 aromatic heterocycles. The third-order valence-corrected chi connectivity index (χ3v) is 5.22. The van der Waals surface area contributed by atoms with Crippen molar-refractivity contribution in [1.82, 2.24) is 0 Å². The van der Waals surface area contributed by atoms with Crippen LogP contribution in [0.1, 0.15) is 29.3 Å². The van der Waals surface area contributed by atoms with Crippen LogP contribution in [0.5, 0.6) is 0 Å². The molecule has 0 bridgehead atoms. The topological polar surface area (TPSA) is 33.5 Å². The molecule has 0 radical (unpaired) electrons. The van der Waals surface area contributed by atoms with Crippen molar-refractivity contribution < 1.29 is 22.9 Å². The summed E-state index contributed by atoms with van der Waals surface area (Å²) >= 11 is 1.68. The summed E-state index contributed by atoms with van der Waals surface area (Å²) in [6.45, 7) is 1.16. The van der Waals surface area contributed by atoms with Crippen molar-refractivity contribution in [2.45, 2.75) is 25.1 Å². The highest BCUT2D eigenvalue weighted by Gasteiger charge is 2.33. The normalized spacial score (nSPS) is 21.0. The lowest BCUT2D eigenvalue weighted by molar-refractivity contribution is -0.910. The Morgan fingerprint density at radius 2 is 2.12 bits per heavy atom. The number of carbonyl (C=O) groups is 1. The van der Waals surface area contributed by atoms with Gasteiger partial charge in [0, 0.05) is 18.5 Å². The average Bonchev–Trinajstić information content (AvgIpc) is 3.17. The van der Waals surface area contributed by atoms with E-state index in [4.69, 9.17) is 0 Å². The molecule has 2 heterocycles. The number of anilines is 1. The van der Waals surface area contributed by atoms with Gasteiger partial charge >= 0.3 is 6.18 Å². The number of hydrogen-bond donors (Lipinski definition) is 2. The molecule has 2 atom stereocenters. The Bertz CT molecular complexity index is 700. The van der Waals surface area contributed by atoms with E-state index in [0.717, 1.165) is 31.5 Å². The van der Waals surface area contributed by atoms with E-state index < -0.39 is 11.7 Å². The number of amides is 1. The minimum absolute atomic E-state index is 0.182. The van der Waals surface area contributed by atoms with Crippen molar-refractivity contribution in [2.24, 2.45) is 0 Å². The van der Waals surface area contributed by atoms with E-state index in [-0.39, 0.29) is 18.1 Å². The van der Waals surface area contributed by atoms with E-state index in [1.54, 1.807) is 11.3 Å². The second-order valence-electron chi connectivity index (χ2n) is 5.92. The Morgan fingerprint density at radius 3 is 2.83 bits per heavy atom. The molecule has 1 fully saturated rings. The molecular weight excluding hydrogens is 337 g/mol. The number of thiophene rings is 1. The Kier molecular flexibility index (Phi) is 4.91. The minimum atomic E-state index is -4.41. The second kappa shape index (κ2) is 6.94. The summed E-state index contributed by atoms with van der Waals surface area (Å²) in [6.07, 6.45) is -2.33. The number of alkyl halides is 3. The summed E-state index contributed by atoms with van der Waals surface area (Å²) in [5, 5.41) is 4.61. The molecule has 0 aliphatic carbocycles. The van der Waals surface area contributed by atoms with Crippen LogP contribution in [0.2, 0.25) is 0 Å². The van der Waals surface area contributed by atoms with Gasteiger partial charge in [-0.3, -0.25) is 4.79 Å². The first-order chi connectivity index (χ1) is 11.4. The second-order valence-corrected chi connectivity index (χ2v) is 6.90. The number of benzene rings is 1. The molecule has 128 valence electrons. The van der Waals surface area contributed by atoms with E-state index >= 15 is 0 Å². The molecule has 24 heavy (non-hydrogen) atoms. The summed E-state index contributed by atoms with van der Waals surface area (Å²) in [4.78, 5) is 14.7. The number of hydrogen-bond acceptors (Lipinski definition) is 2. The number of nitrogens with one attached hydrogen (secondary N) is 2. The number of carbonyl (C=O) groups excluding carboxylic acids is 1. The van der Waals surface area contributed by atoms with Gasteiger partial charge in [0.2, 0.25) is 0 Å². The van der Waals surface area contributed by atoms with E-state index in [1.807, 2.05) is 11.4 Å². The van der Waals surface area contributed by atoms with Gasteiger partial charge in [-0.15, -0.1) is 11.3 Å². The Morgan fingerprint density at radius 1 is 1.29 bits per heavy atom. The molecule has 3 rings (SSSR count). The first-order valence-electron chi connectivity index (χ1n) is 7.78. The van der Waals surface area contributed by atoms with Crippen LogP contribution in [0.3, 0.4) is 0 Å². The summed E-state index contributed by atoms with van der Waals surface area (Å²) < 4.78 is 38.2. The van der Waals surface area contributed by atoms with Crippen LogP contribution in [0.25, 0.3) is 0 Å². The zero-order valence-corrected chi connectivity index (χ0v) is 13.7. The number of likely N-dealkylation sites (tertiary alicyclic amines) is 1. The van der Waals surface area contributed by atoms with Gasteiger partial charge in [-0.2, -0.15) is 13.2 Å². The van der Waals surface area contributed by atoms with E-state index in [9.17, 15) is 18.0 Å². The van der Waals surface area contributed by atoms with Gasteiger partial charge in [-0.05, 0) is 29.6 Å². The monoisotopic (exact) mass is 355 g/mol. The molecule has 2 aromatic rings. The first kappa shape index (κ1) is 17.0. The standard InChI is InChI=1S/C17H17F3N2OS/c18-17(19,20)12-4-1-5-13(10-12)21-16(23)11-22-8-2-6-14(22)15-7-3-9-24-15/h1,3-5,7,9-10,14H,2,6,8,11H2,(H,21,23)/p+1/t14-/m1/s1. The lowest BCUT2D eigenvalue weighted by atomic mass is 10.2. The lowest BCUT2D eigenvalue weighted by Gasteiger charge is -2.20. The molecule has 0 saturated carbocycles. The van der Waals surface area contributed by atoms with Gasteiger partial charge in [-0.1, -0.05) is 12.1 Å². The van der Waals surface area contributed by atoms with Crippen molar-refractivity contribution in [3.05, 3.63) is 52.2 Å². The summed E-state index contributed by atoms with van der Waals surface area (Å²) in [5.74, 6) is -0.257. The fourth-order valence-corrected chi connectivity index (χ4v) is 4.06. The fourth-order valence-electron chi connectivity index (χ4n) is 3.14. The van der Waals surface area contributed by atoms with Crippen molar-refractivity contribution in [3.63, 3.8) is 0 Å². The minimum Gasteiger partial charge on any atom is -0.321 e. The van der Waals surface area contributed by atoms with Crippen LogP contribution in [-0.4, -0.2) is 19.0 Å². The number of quaternary nitrogens is 1. The highest BCUT2D eigenvalue weighted by Crippen LogP contribution is 2.30. The van der Waals surface area contributed by atoms with Crippen molar-refractivity contribution in [1.29, 1.82) is 0 Å². The quantitative estimate of drug-likeness (QED) is 0.868. The van der Waals surface area contributed by atoms with Crippen LogP contribution in [0.4, 0.5) is 18.9 Å². The predicted molar refractivity (Wildman–Crippen MR) is 87.1 cm³/mol. The first-order valence-corrected chi connectivity index (χ1v) is 8.66. The third kappa shape index (κ3) is 3.96. The molecule has 0 spiro atoms. The molecule has 2 N–H and O–H groups in total. The maximum Gasteiger partial charge on any atom is 0.416 e. The highest BCUT2D eigenvalue weighted by molar-refractivity contribution is 7.10. The van der Waals surface area contributed by atoms with Gasteiger partial charge in [0.05, 0.1) is 17.0 Å². The molecule has 1 amide bonds. The van der Waals surface area contributed by atoms with E-state index in [0.29, 0.717) is 6.04 Å². The zero-order valence-electron chi connectivity index (χ0n) is 12.9. The molecule has 7 heteroatoms. The van der Waals surface area contributed by atoms with Crippen LogP contribution >= 0.6 is 11.3 Å². The van der Waals surface area contributed by atoms with E-state index in [2.05, 4.69) is 11.4 Å². The van der Waals surface area contributed by atoms with Gasteiger partial charge in [0.1, 0.15) is 6.04 Å². The molecule has 1 aliphatic heterocycles. The summed E-state index contributed by atoms with van der Waals surface area (Å²) in [6, 6.07) is 9.11. The summed E-state index contributed by atoms with van der Waals surface area (Å²) in [7, 11) is 0. The Labute approximate surface area is 142 Å². The van der Waals surface area contributed by atoms with Crippen LogP contribution in [0, 0.1) is 0 Å². The molecule has 1 aromatic carbocycles. The SMILES string of the molecule is O=C(C[NH+]1CCC[C@@H]1c1cccs1)Nc1cccc(C(F)(F)F)c1. The average molecular weight is 355 g/mol. The Hall–Kier alpha value is -1.86. The molecule has 1 saturated heterocycles. The van der Waals surface area contributed by atoms with Gasteiger partial charge in [-0.25, -0.2) is 0 Å². The van der Waals surface area contributed by atoms with Crippen molar-refractivity contribution in [2.75, 3.05) is 18.4 Å². The molecule has 3 nitrogen and oxygen atoms in total. The number of rotatable bonds is 4. The van der Waals surface area contributed by atoms with Crippen molar-refractivity contribution in [3.8, 4) is 0 Å². The fraction of sp³-hybridized carbons (Fsp3) is 0.353. The maximum atomic E-state index is 12.7. The van der Waals surface area contributed by atoms with Crippen LogP contribution < -0.4 is 10.2 Å². The zero-order chi connectivity index (χ0) is 17.2. The third-order valence-electron chi connectivity index (χ3n) is 4.23. The molecular formula is C17H18F3N2OS+. The number of halogens is 3. The predicted octanol–water partition coefficient (Wildman–Crippen LogP) is 3.13. The van der Waals surface area contributed by atoms with Gasteiger partial charge in [0.25, 0.3) is 5.91 Å². The smallest absolute Gasteiger partial charge is 0.321 e. The van der Waals surface area contributed by atoms with Gasteiger partial charge < -0.3 is 10.2 Å². The molecule has 1 unspecified atom stereocenters. The van der Waals surface area contributed by atoms with Crippen LogP contribution in [0.15, 0.2) is 41.8 Å².